The summed E-state index contributed by atoms with van der Waals surface area (Å²) in [4.78, 5) is 8.58. The highest BCUT2D eigenvalue weighted by atomic mass is 35.5. The molecular formula is C12H15Cl2N5. The highest BCUT2D eigenvalue weighted by molar-refractivity contribution is 6.34. The van der Waals surface area contributed by atoms with Crippen LogP contribution in [0.1, 0.15) is 30.9 Å². The van der Waals surface area contributed by atoms with Gasteiger partial charge < -0.3 is 4.57 Å². The second-order valence-electron chi connectivity index (χ2n) is 4.10. The van der Waals surface area contributed by atoms with E-state index in [4.69, 9.17) is 29.0 Å². The first-order chi connectivity index (χ1) is 9.17. The number of nitrogens with two attached hydrogens (primary N) is 1. The average molecular weight is 300 g/mol. The predicted molar refractivity (Wildman–Crippen MR) is 75.9 cm³/mol. The maximum Gasteiger partial charge on any atom is 0.133 e. The van der Waals surface area contributed by atoms with E-state index in [9.17, 15) is 0 Å². The van der Waals surface area contributed by atoms with E-state index < -0.39 is 0 Å². The Labute approximate surface area is 121 Å². The zero-order valence-corrected chi connectivity index (χ0v) is 12.0. The van der Waals surface area contributed by atoms with E-state index in [-0.39, 0.29) is 6.04 Å². The summed E-state index contributed by atoms with van der Waals surface area (Å²) < 4.78 is 2.02. The Balaban J connectivity index is 2.41. The van der Waals surface area contributed by atoms with Crippen molar-refractivity contribution in [2.75, 3.05) is 0 Å². The van der Waals surface area contributed by atoms with Crippen LogP contribution in [-0.2, 0) is 6.54 Å². The molecule has 1 unspecified atom stereocenters. The van der Waals surface area contributed by atoms with Crippen molar-refractivity contribution in [3.05, 3.63) is 46.2 Å². The molecule has 19 heavy (non-hydrogen) atoms. The molecule has 0 aliphatic heterocycles. The third-order valence-electron chi connectivity index (χ3n) is 2.75. The summed E-state index contributed by atoms with van der Waals surface area (Å²) in [6, 6.07) is 1.27. The summed E-state index contributed by atoms with van der Waals surface area (Å²) in [6.45, 7) is 2.96. The van der Waals surface area contributed by atoms with Gasteiger partial charge in [0.15, 0.2) is 0 Å². The normalized spacial score (nSPS) is 12.6. The molecule has 0 saturated heterocycles. The lowest BCUT2D eigenvalue weighted by Crippen LogP contribution is -2.32. The molecule has 3 N–H and O–H groups in total. The third-order valence-corrected chi connectivity index (χ3v) is 3.26. The Morgan fingerprint density at radius 1 is 1.42 bits per heavy atom. The van der Waals surface area contributed by atoms with Crippen molar-refractivity contribution in [3.8, 4) is 0 Å². The summed E-state index contributed by atoms with van der Waals surface area (Å²) in [5, 5.41) is 0.947. The number of hydrogen-bond acceptors (Lipinski definition) is 4. The highest BCUT2D eigenvalue weighted by Crippen LogP contribution is 2.27. The fraction of sp³-hybridized carbons (Fsp3) is 0.333. The second-order valence-corrected chi connectivity index (χ2v) is 4.94. The van der Waals surface area contributed by atoms with E-state index in [1.807, 2.05) is 10.8 Å². The predicted octanol–water partition coefficient (Wildman–Crippen LogP) is 2.55. The van der Waals surface area contributed by atoms with E-state index in [1.54, 1.807) is 18.5 Å². The topological polar surface area (TPSA) is 68.8 Å². The lowest BCUT2D eigenvalue weighted by atomic mass is 10.2. The van der Waals surface area contributed by atoms with E-state index in [0.717, 1.165) is 18.8 Å². The summed E-state index contributed by atoms with van der Waals surface area (Å²) in [5.74, 6) is 6.41. The molecule has 7 heteroatoms. The van der Waals surface area contributed by atoms with Crippen LogP contribution >= 0.6 is 23.2 Å². The standard InChI is InChI=1S/C12H15Cl2N5/c1-2-4-19-5-3-16-12(19)11(18-15)10-9(14)6-8(13)7-17-10/h3,5-7,11,18H,2,4,15H2,1H3. The number of rotatable bonds is 5. The molecule has 2 aromatic rings. The number of nitrogens with one attached hydrogen (secondary N) is 1. The summed E-state index contributed by atoms with van der Waals surface area (Å²) in [7, 11) is 0. The number of aromatic nitrogens is 3. The van der Waals surface area contributed by atoms with Gasteiger partial charge in [0.2, 0.25) is 0 Å². The fourth-order valence-corrected chi connectivity index (χ4v) is 2.41. The molecule has 5 nitrogen and oxygen atoms in total. The largest absolute Gasteiger partial charge is 0.333 e. The van der Waals surface area contributed by atoms with Crippen molar-refractivity contribution < 1.29 is 0 Å². The van der Waals surface area contributed by atoms with Crippen molar-refractivity contribution in [1.29, 1.82) is 0 Å². The molecule has 0 spiro atoms. The highest BCUT2D eigenvalue weighted by Gasteiger charge is 2.21. The van der Waals surface area contributed by atoms with Crippen LogP contribution in [0.4, 0.5) is 0 Å². The van der Waals surface area contributed by atoms with Gasteiger partial charge in [0, 0.05) is 25.1 Å². The SMILES string of the molecule is CCCn1ccnc1C(NN)c1ncc(Cl)cc1Cl. The molecule has 2 aromatic heterocycles. The molecular weight excluding hydrogens is 285 g/mol. The number of halogens is 2. The zero-order chi connectivity index (χ0) is 13.8. The molecule has 2 rings (SSSR count). The number of pyridine rings is 1. The van der Waals surface area contributed by atoms with Gasteiger partial charge in [0.25, 0.3) is 0 Å². The van der Waals surface area contributed by atoms with Gasteiger partial charge in [-0.1, -0.05) is 30.1 Å². The van der Waals surface area contributed by atoms with Crippen LogP contribution < -0.4 is 11.3 Å². The Kier molecular flexibility index (Phi) is 4.76. The molecule has 0 amide bonds. The van der Waals surface area contributed by atoms with Gasteiger partial charge in [-0.2, -0.15) is 0 Å². The Morgan fingerprint density at radius 2 is 2.21 bits per heavy atom. The quantitative estimate of drug-likeness (QED) is 0.657. The first-order valence-electron chi connectivity index (χ1n) is 5.95. The molecule has 0 saturated carbocycles. The first-order valence-corrected chi connectivity index (χ1v) is 6.71. The van der Waals surface area contributed by atoms with Crippen LogP contribution in [0.5, 0.6) is 0 Å². The molecule has 0 fully saturated rings. The average Bonchev–Trinajstić information content (AvgIpc) is 2.82. The monoisotopic (exact) mass is 299 g/mol. The van der Waals surface area contributed by atoms with Gasteiger partial charge in [0.05, 0.1) is 15.7 Å². The van der Waals surface area contributed by atoms with E-state index >= 15 is 0 Å². The first kappa shape index (κ1) is 14.3. The number of hydrogen-bond donors (Lipinski definition) is 2. The van der Waals surface area contributed by atoms with Crippen LogP contribution in [0.2, 0.25) is 10.0 Å². The Bertz CT molecular complexity index is 555. The molecule has 0 radical (unpaired) electrons. The van der Waals surface area contributed by atoms with Gasteiger partial charge >= 0.3 is 0 Å². The minimum atomic E-state index is -0.369. The Hall–Kier alpha value is -1.14. The number of hydrazine groups is 1. The van der Waals surface area contributed by atoms with E-state index in [2.05, 4.69) is 22.3 Å². The van der Waals surface area contributed by atoms with Crippen molar-refractivity contribution in [2.45, 2.75) is 25.9 Å². The maximum atomic E-state index is 6.17. The fourth-order valence-electron chi connectivity index (χ4n) is 1.92. The lowest BCUT2D eigenvalue weighted by Gasteiger charge is -2.17. The zero-order valence-electron chi connectivity index (χ0n) is 10.5. The van der Waals surface area contributed by atoms with E-state index in [1.165, 1.54) is 0 Å². The van der Waals surface area contributed by atoms with Gasteiger partial charge in [-0.3, -0.25) is 10.8 Å². The summed E-state index contributed by atoms with van der Waals surface area (Å²) >= 11 is 12.0. The van der Waals surface area contributed by atoms with Gasteiger partial charge in [-0.25, -0.2) is 10.4 Å². The molecule has 0 aromatic carbocycles. The summed E-state index contributed by atoms with van der Waals surface area (Å²) in [5.41, 5.74) is 3.31. The van der Waals surface area contributed by atoms with Crippen LogP contribution in [0, 0.1) is 0 Å². The summed E-state index contributed by atoms with van der Waals surface area (Å²) in [6.07, 6.45) is 6.19. The van der Waals surface area contributed by atoms with Crippen LogP contribution in [0.25, 0.3) is 0 Å². The van der Waals surface area contributed by atoms with Gasteiger partial charge in [-0.15, -0.1) is 0 Å². The molecule has 0 aliphatic carbocycles. The van der Waals surface area contributed by atoms with Crippen molar-refractivity contribution in [1.82, 2.24) is 20.0 Å². The molecule has 102 valence electrons. The molecule has 2 heterocycles. The minimum Gasteiger partial charge on any atom is -0.333 e. The second kappa shape index (κ2) is 6.34. The number of nitrogens with zero attached hydrogens (tertiary/aromatic N) is 3. The van der Waals surface area contributed by atoms with E-state index in [0.29, 0.717) is 15.7 Å². The van der Waals surface area contributed by atoms with Gasteiger partial charge in [0.1, 0.15) is 11.9 Å². The minimum absolute atomic E-state index is 0.369. The molecule has 0 bridgehead atoms. The molecule has 0 aliphatic rings. The van der Waals surface area contributed by atoms with Crippen molar-refractivity contribution >= 4 is 23.2 Å². The Morgan fingerprint density at radius 3 is 2.84 bits per heavy atom. The van der Waals surface area contributed by atoms with Crippen molar-refractivity contribution in [3.63, 3.8) is 0 Å². The molecule has 1 atom stereocenters. The third kappa shape index (κ3) is 3.06. The smallest absolute Gasteiger partial charge is 0.133 e. The van der Waals surface area contributed by atoms with Crippen LogP contribution in [-0.4, -0.2) is 14.5 Å². The maximum absolute atomic E-state index is 6.17. The number of imidazole rings is 1. The van der Waals surface area contributed by atoms with Crippen molar-refractivity contribution in [2.24, 2.45) is 5.84 Å². The van der Waals surface area contributed by atoms with Crippen LogP contribution in [0.3, 0.4) is 0 Å². The van der Waals surface area contributed by atoms with Gasteiger partial charge in [-0.05, 0) is 12.5 Å². The lowest BCUT2D eigenvalue weighted by molar-refractivity contribution is 0.536. The van der Waals surface area contributed by atoms with Crippen LogP contribution in [0.15, 0.2) is 24.7 Å². The number of aryl methyl sites for hydroxylation is 1.